The Labute approximate surface area is 180 Å². The quantitative estimate of drug-likeness (QED) is 0.532. The molecule has 0 radical (unpaired) electrons. The van der Waals surface area contributed by atoms with E-state index >= 15 is 0 Å². The number of para-hydroxylation sites is 3. The van der Waals surface area contributed by atoms with E-state index in [1.807, 2.05) is 18.2 Å². The Morgan fingerprint density at radius 3 is 2.33 bits per heavy atom. The molecule has 156 valence electrons. The molecule has 0 aliphatic heterocycles. The molecule has 30 heavy (non-hydrogen) atoms. The molecule has 0 spiro atoms. The Hall–Kier alpha value is -2.87. The van der Waals surface area contributed by atoms with Crippen LogP contribution in [0.5, 0.6) is 11.5 Å². The molecule has 3 aromatic rings. The third-order valence-corrected chi connectivity index (χ3v) is 5.98. The molecule has 0 fully saturated rings. The van der Waals surface area contributed by atoms with Crippen molar-refractivity contribution >= 4 is 33.2 Å². The van der Waals surface area contributed by atoms with Crippen molar-refractivity contribution in [2.45, 2.75) is 24.8 Å². The molecule has 0 saturated carbocycles. The lowest BCUT2D eigenvalue weighted by Gasteiger charge is -2.14. The van der Waals surface area contributed by atoms with Crippen LogP contribution in [0.2, 0.25) is 5.02 Å². The number of rotatable bonds is 7. The predicted molar refractivity (Wildman–Crippen MR) is 118 cm³/mol. The zero-order valence-corrected chi connectivity index (χ0v) is 18.0. The first kappa shape index (κ1) is 21.8. The summed E-state index contributed by atoms with van der Waals surface area (Å²) in [6.45, 7) is 3.43. The van der Waals surface area contributed by atoms with Crippen molar-refractivity contribution in [2.75, 3.05) is 5.32 Å². The summed E-state index contributed by atoms with van der Waals surface area (Å²) >= 11 is 6.18. The summed E-state index contributed by atoms with van der Waals surface area (Å²) in [5.74, 6) is 0.509. The van der Waals surface area contributed by atoms with Gasteiger partial charge in [-0.3, -0.25) is 4.79 Å². The maximum Gasteiger partial charge on any atom is 0.257 e. The van der Waals surface area contributed by atoms with Crippen molar-refractivity contribution in [3.8, 4) is 11.5 Å². The van der Waals surface area contributed by atoms with E-state index in [4.69, 9.17) is 16.3 Å². The fraction of sp³-hybridized carbons (Fsp3) is 0.136. The van der Waals surface area contributed by atoms with Crippen LogP contribution in [0, 0.1) is 0 Å². The minimum atomic E-state index is -3.77. The number of anilines is 1. The molecule has 3 rings (SSSR count). The Morgan fingerprint density at radius 2 is 1.63 bits per heavy atom. The van der Waals surface area contributed by atoms with Gasteiger partial charge < -0.3 is 10.1 Å². The number of nitrogens with one attached hydrogen (secondary N) is 2. The molecule has 2 N–H and O–H groups in total. The van der Waals surface area contributed by atoms with Gasteiger partial charge in [0.1, 0.15) is 5.75 Å². The Morgan fingerprint density at radius 1 is 0.967 bits per heavy atom. The summed E-state index contributed by atoms with van der Waals surface area (Å²) in [4.78, 5) is 12.8. The highest BCUT2D eigenvalue weighted by molar-refractivity contribution is 7.89. The highest BCUT2D eigenvalue weighted by Gasteiger charge is 2.20. The van der Waals surface area contributed by atoms with Crippen LogP contribution in [-0.2, 0) is 10.0 Å². The van der Waals surface area contributed by atoms with Gasteiger partial charge in [0.2, 0.25) is 10.0 Å². The average Bonchev–Trinajstić information content (AvgIpc) is 2.69. The van der Waals surface area contributed by atoms with Crippen molar-refractivity contribution < 1.29 is 17.9 Å². The fourth-order valence-corrected chi connectivity index (χ4v) is 4.17. The number of carbonyl (C=O) groups excluding carboxylic acids is 1. The first-order valence-corrected chi connectivity index (χ1v) is 11.1. The molecular weight excluding hydrogens is 424 g/mol. The van der Waals surface area contributed by atoms with E-state index < -0.39 is 15.9 Å². The second kappa shape index (κ2) is 9.30. The summed E-state index contributed by atoms with van der Waals surface area (Å²) < 4.78 is 33.2. The minimum absolute atomic E-state index is 0.0396. The lowest BCUT2D eigenvalue weighted by Crippen LogP contribution is -2.30. The third-order valence-electron chi connectivity index (χ3n) is 3.99. The predicted octanol–water partition coefficient (Wildman–Crippen LogP) is 5.07. The van der Waals surface area contributed by atoms with Gasteiger partial charge in [-0.15, -0.1) is 0 Å². The second-order valence-electron chi connectivity index (χ2n) is 6.78. The second-order valence-corrected chi connectivity index (χ2v) is 8.90. The number of sulfonamides is 1. The van der Waals surface area contributed by atoms with Crippen LogP contribution in [0.4, 0.5) is 5.69 Å². The Balaban J connectivity index is 1.88. The first-order valence-electron chi connectivity index (χ1n) is 9.21. The molecule has 3 aromatic carbocycles. The molecule has 0 unspecified atom stereocenters. The maximum atomic E-state index is 12.9. The van der Waals surface area contributed by atoms with E-state index in [1.165, 1.54) is 18.2 Å². The number of ether oxygens (including phenoxy) is 1. The topological polar surface area (TPSA) is 84.5 Å². The van der Waals surface area contributed by atoms with Crippen LogP contribution in [0.15, 0.2) is 77.7 Å². The number of hydrogen-bond donors (Lipinski definition) is 2. The Bertz CT molecular complexity index is 1150. The van der Waals surface area contributed by atoms with Gasteiger partial charge in [0.05, 0.1) is 21.2 Å². The van der Waals surface area contributed by atoms with E-state index in [1.54, 1.807) is 50.2 Å². The van der Waals surface area contributed by atoms with Crippen LogP contribution in [0.1, 0.15) is 24.2 Å². The normalized spacial score (nSPS) is 11.3. The van der Waals surface area contributed by atoms with Crippen molar-refractivity contribution in [3.63, 3.8) is 0 Å². The standard InChI is InChI=1S/C22H21ClN2O4S/c1-15(2)25-30(27,28)17-12-13-19(23)18(14-17)22(26)24-20-10-6-7-11-21(20)29-16-8-4-3-5-9-16/h3-15,25H,1-2H3,(H,24,26). The van der Waals surface area contributed by atoms with Gasteiger partial charge in [-0.1, -0.05) is 41.9 Å². The van der Waals surface area contributed by atoms with E-state index in [0.717, 1.165) is 0 Å². The lowest BCUT2D eigenvalue weighted by atomic mass is 10.2. The summed E-state index contributed by atoms with van der Waals surface area (Å²) in [6.07, 6.45) is 0. The third kappa shape index (κ3) is 5.38. The largest absolute Gasteiger partial charge is 0.455 e. The summed E-state index contributed by atoms with van der Waals surface area (Å²) in [7, 11) is -3.77. The highest BCUT2D eigenvalue weighted by Crippen LogP contribution is 2.30. The van der Waals surface area contributed by atoms with Crippen LogP contribution >= 0.6 is 11.6 Å². The summed E-state index contributed by atoms with van der Waals surface area (Å²) in [6, 6.07) is 19.8. The smallest absolute Gasteiger partial charge is 0.257 e. The minimum Gasteiger partial charge on any atom is -0.455 e. The number of carbonyl (C=O) groups is 1. The van der Waals surface area contributed by atoms with Gasteiger partial charge in [-0.25, -0.2) is 13.1 Å². The zero-order valence-electron chi connectivity index (χ0n) is 16.4. The molecule has 6 nitrogen and oxygen atoms in total. The van der Waals surface area contributed by atoms with Gasteiger partial charge in [0.25, 0.3) is 5.91 Å². The van der Waals surface area contributed by atoms with Crippen LogP contribution in [0.25, 0.3) is 0 Å². The summed E-state index contributed by atoms with van der Waals surface area (Å²) in [5, 5.41) is 2.88. The monoisotopic (exact) mass is 444 g/mol. The number of hydrogen-bond acceptors (Lipinski definition) is 4. The zero-order chi connectivity index (χ0) is 21.7. The molecular formula is C22H21ClN2O4S. The summed E-state index contributed by atoms with van der Waals surface area (Å²) in [5.41, 5.74) is 0.466. The number of benzene rings is 3. The van der Waals surface area contributed by atoms with Gasteiger partial charge >= 0.3 is 0 Å². The molecule has 0 bridgehead atoms. The maximum absolute atomic E-state index is 12.9. The number of halogens is 1. The van der Waals surface area contributed by atoms with Gasteiger partial charge in [-0.2, -0.15) is 0 Å². The van der Waals surface area contributed by atoms with Crippen molar-refractivity contribution in [3.05, 3.63) is 83.4 Å². The Kier molecular flexibility index (Phi) is 6.77. The molecule has 1 amide bonds. The van der Waals surface area contributed by atoms with Gasteiger partial charge in [0, 0.05) is 6.04 Å². The van der Waals surface area contributed by atoms with Crippen LogP contribution in [-0.4, -0.2) is 20.4 Å². The van der Waals surface area contributed by atoms with E-state index in [9.17, 15) is 13.2 Å². The highest BCUT2D eigenvalue weighted by atomic mass is 35.5. The van der Waals surface area contributed by atoms with Gasteiger partial charge in [0.15, 0.2) is 5.75 Å². The first-order chi connectivity index (χ1) is 14.3. The molecule has 0 atom stereocenters. The average molecular weight is 445 g/mol. The van der Waals surface area contributed by atoms with Gasteiger partial charge in [-0.05, 0) is 56.3 Å². The van der Waals surface area contributed by atoms with E-state index in [0.29, 0.717) is 17.2 Å². The lowest BCUT2D eigenvalue weighted by molar-refractivity contribution is 0.102. The fourth-order valence-electron chi connectivity index (χ4n) is 2.69. The van der Waals surface area contributed by atoms with Crippen LogP contribution < -0.4 is 14.8 Å². The van der Waals surface area contributed by atoms with Crippen molar-refractivity contribution in [1.82, 2.24) is 4.72 Å². The molecule has 0 aliphatic carbocycles. The molecule has 0 heterocycles. The van der Waals surface area contributed by atoms with E-state index in [2.05, 4.69) is 10.0 Å². The molecule has 0 aromatic heterocycles. The van der Waals surface area contributed by atoms with Crippen molar-refractivity contribution in [2.24, 2.45) is 0 Å². The number of amides is 1. The molecule has 8 heteroatoms. The van der Waals surface area contributed by atoms with Crippen molar-refractivity contribution in [1.29, 1.82) is 0 Å². The SMILES string of the molecule is CC(C)NS(=O)(=O)c1ccc(Cl)c(C(=O)Nc2ccccc2Oc2ccccc2)c1. The van der Waals surface area contributed by atoms with Crippen LogP contribution in [0.3, 0.4) is 0 Å². The molecule has 0 saturated heterocycles. The van der Waals surface area contributed by atoms with E-state index in [-0.39, 0.29) is 21.5 Å². The molecule has 0 aliphatic rings.